The molecule has 98 valence electrons. The average Bonchev–Trinajstić information content (AvgIpc) is 2.80. The highest BCUT2D eigenvalue weighted by atomic mass is 16.5. The van der Waals surface area contributed by atoms with Crippen LogP contribution in [0, 0.1) is 6.57 Å². The summed E-state index contributed by atoms with van der Waals surface area (Å²) < 4.78 is 10.7. The SMILES string of the molecule is [C-]#[N+]c1ccc(Oc2ccc3c(c2)COB3O)nc1N. The molecule has 1 aliphatic rings. The summed E-state index contributed by atoms with van der Waals surface area (Å²) in [7, 11) is -0.870. The molecular formula is C13H10BN3O3. The molecule has 3 N–H and O–H groups in total. The number of aromatic nitrogens is 1. The van der Waals surface area contributed by atoms with Crippen molar-refractivity contribution in [3.8, 4) is 11.6 Å². The smallest absolute Gasteiger partial charge is 0.439 e. The van der Waals surface area contributed by atoms with Crippen molar-refractivity contribution in [2.24, 2.45) is 0 Å². The van der Waals surface area contributed by atoms with Crippen LogP contribution in [-0.4, -0.2) is 17.1 Å². The average molecular weight is 267 g/mol. The van der Waals surface area contributed by atoms with Crippen LogP contribution in [0.2, 0.25) is 0 Å². The van der Waals surface area contributed by atoms with E-state index in [2.05, 4.69) is 9.83 Å². The number of ether oxygens (including phenoxy) is 1. The Morgan fingerprint density at radius 3 is 3.00 bits per heavy atom. The van der Waals surface area contributed by atoms with E-state index in [9.17, 15) is 5.02 Å². The fourth-order valence-electron chi connectivity index (χ4n) is 1.99. The van der Waals surface area contributed by atoms with Crippen LogP contribution >= 0.6 is 0 Å². The van der Waals surface area contributed by atoms with Gasteiger partial charge in [0, 0.05) is 0 Å². The number of nitrogen functional groups attached to an aromatic ring is 1. The Bertz CT molecular complexity index is 714. The van der Waals surface area contributed by atoms with E-state index in [1.165, 1.54) is 0 Å². The molecule has 0 atom stereocenters. The Kier molecular flexibility index (Phi) is 3.02. The zero-order valence-electron chi connectivity index (χ0n) is 10.4. The second kappa shape index (κ2) is 4.85. The first kappa shape index (κ1) is 12.5. The molecule has 2 heterocycles. The predicted molar refractivity (Wildman–Crippen MR) is 73.8 cm³/mol. The first-order valence-corrected chi connectivity index (χ1v) is 5.91. The lowest BCUT2D eigenvalue weighted by Crippen LogP contribution is -2.27. The van der Waals surface area contributed by atoms with E-state index in [1.807, 2.05) is 0 Å². The highest BCUT2D eigenvalue weighted by Gasteiger charge is 2.27. The number of hydrogen-bond donors (Lipinski definition) is 2. The summed E-state index contributed by atoms with van der Waals surface area (Å²) in [5.41, 5.74) is 7.55. The van der Waals surface area contributed by atoms with Gasteiger partial charge in [-0.15, -0.1) is 0 Å². The maximum Gasteiger partial charge on any atom is 0.491 e. The second-order valence-electron chi connectivity index (χ2n) is 4.29. The van der Waals surface area contributed by atoms with Crippen molar-refractivity contribution < 1.29 is 14.4 Å². The Balaban J connectivity index is 1.85. The topological polar surface area (TPSA) is 82.0 Å². The maximum absolute atomic E-state index is 9.54. The zero-order chi connectivity index (χ0) is 14.1. The van der Waals surface area contributed by atoms with Gasteiger partial charge in [-0.1, -0.05) is 6.07 Å². The van der Waals surface area contributed by atoms with Gasteiger partial charge >= 0.3 is 7.12 Å². The second-order valence-corrected chi connectivity index (χ2v) is 4.29. The number of pyridine rings is 1. The van der Waals surface area contributed by atoms with Gasteiger partial charge in [0.25, 0.3) is 0 Å². The standard InChI is InChI=1S/C13H10BN3O3/c1-16-11-4-5-12(17-13(11)15)20-9-2-3-10-8(6-9)7-19-14(10)18/h2-6,18H,7H2,(H2,15,17). The van der Waals surface area contributed by atoms with Crippen LogP contribution in [0.4, 0.5) is 11.5 Å². The van der Waals surface area contributed by atoms with Crippen molar-refractivity contribution in [3.05, 3.63) is 47.3 Å². The molecular weight excluding hydrogens is 257 g/mol. The van der Waals surface area contributed by atoms with Crippen molar-refractivity contribution in [1.82, 2.24) is 4.98 Å². The van der Waals surface area contributed by atoms with E-state index in [0.717, 1.165) is 11.0 Å². The van der Waals surface area contributed by atoms with E-state index in [0.29, 0.717) is 23.9 Å². The van der Waals surface area contributed by atoms with Gasteiger partial charge in [-0.05, 0) is 35.3 Å². The molecule has 1 aliphatic heterocycles. The number of anilines is 1. The molecule has 0 spiro atoms. The molecule has 0 fully saturated rings. The van der Waals surface area contributed by atoms with Gasteiger partial charge in [0.1, 0.15) is 11.6 Å². The van der Waals surface area contributed by atoms with Crippen LogP contribution in [0.3, 0.4) is 0 Å². The lowest BCUT2D eigenvalue weighted by atomic mass is 9.80. The van der Waals surface area contributed by atoms with Crippen LogP contribution in [0.1, 0.15) is 5.56 Å². The van der Waals surface area contributed by atoms with Crippen LogP contribution < -0.4 is 15.9 Å². The first-order valence-electron chi connectivity index (χ1n) is 5.91. The van der Waals surface area contributed by atoms with E-state index in [1.54, 1.807) is 30.3 Å². The number of fused-ring (bicyclic) bond motifs is 1. The zero-order valence-corrected chi connectivity index (χ0v) is 10.4. The summed E-state index contributed by atoms with van der Waals surface area (Å²) >= 11 is 0. The quantitative estimate of drug-likeness (QED) is 0.631. The number of benzene rings is 1. The van der Waals surface area contributed by atoms with E-state index < -0.39 is 7.12 Å². The summed E-state index contributed by atoms with van der Waals surface area (Å²) in [4.78, 5) is 7.25. The molecule has 6 nitrogen and oxygen atoms in total. The van der Waals surface area contributed by atoms with Gasteiger partial charge in [-0.25, -0.2) is 9.83 Å². The molecule has 1 aromatic carbocycles. The summed E-state index contributed by atoms with van der Waals surface area (Å²) in [6.07, 6.45) is 0. The molecule has 0 amide bonds. The van der Waals surface area contributed by atoms with Gasteiger partial charge in [-0.3, -0.25) is 0 Å². The van der Waals surface area contributed by atoms with Crippen LogP contribution in [0.15, 0.2) is 30.3 Å². The van der Waals surface area contributed by atoms with Crippen LogP contribution in [0.25, 0.3) is 4.85 Å². The maximum atomic E-state index is 9.54. The summed E-state index contributed by atoms with van der Waals surface area (Å²) in [5.74, 6) is 1.02. The Labute approximate surface area is 115 Å². The molecule has 0 radical (unpaired) electrons. The molecule has 0 unspecified atom stereocenters. The summed E-state index contributed by atoms with van der Waals surface area (Å²) in [5, 5.41) is 9.54. The molecule has 7 heteroatoms. The molecule has 0 bridgehead atoms. The molecule has 2 aromatic rings. The highest BCUT2D eigenvalue weighted by molar-refractivity contribution is 6.61. The van der Waals surface area contributed by atoms with Gasteiger partial charge in [0.05, 0.1) is 13.2 Å². The molecule has 3 rings (SSSR count). The lowest BCUT2D eigenvalue weighted by molar-refractivity contribution is 0.275. The monoisotopic (exact) mass is 267 g/mol. The van der Waals surface area contributed by atoms with Crippen LogP contribution in [-0.2, 0) is 11.3 Å². The van der Waals surface area contributed by atoms with Crippen molar-refractivity contribution >= 4 is 24.1 Å². The van der Waals surface area contributed by atoms with E-state index >= 15 is 0 Å². The molecule has 0 aliphatic carbocycles. The third-order valence-electron chi connectivity index (χ3n) is 3.00. The molecule has 20 heavy (non-hydrogen) atoms. The van der Waals surface area contributed by atoms with E-state index in [4.69, 9.17) is 21.7 Å². The molecule has 0 saturated carbocycles. The molecule has 0 saturated heterocycles. The third kappa shape index (κ3) is 2.18. The van der Waals surface area contributed by atoms with Crippen molar-refractivity contribution in [3.63, 3.8) is 0 Å². The summed E-state index contributed by atoms with van der Waals surface area (Å²) in [6.45, 7) is 7.25. The minimum Gasteiger partial charge on any atom is -0.439 e. The third-order valence-corrected chi connectivity index (χ3v) is 3.00. The number of hydrogen-bond acceptors (Lipinski definition) is 5. The van der Waals surface area contributed by atoms with E-state index in [-0.39, 0.29) is 5.82 Å². The van der Waals surface area contributed by atoms with Gasteiger partial charge in [0.2, 0.25) is 11.6 Å². The number of nitrogens with two attached hydrogens (primary N) is 1. The highest BCUT2D eigenvalue weighted by Crippen LogP contribution is 2.27. The van der Waals surface area contributed by atoms with Crippen molar-refractivity contribution in [2.45, 2.75) is 6.61 Å². The minimum absolute atomic E-state index is 0.136. The van der Waals surface area contributed by atoms with Gasteiger partial charge in [-0.2, -0.15) is 0 Å². The normalized spacial score (nSPS) is 12.9. The Hall–Kier alpha value is -2.56. The summed E-state index contributed by atoms with van der Waals surface area (Å²) in [6, 6.07) is 8.40. The van der Waals surface area contributed by atoms with Crippen molar-refractivity contribution in [2.75, 3.05) is 5.73 Å². The van der Waals surface area contributed by atoms with Crippen LogP contribution in [0.5, 0.6) is 11.6 Å². The Morgan fingerprint density at radius 2 is 2.25 bits per heavy atom. The Morgan fingerprint density at radius 1 is 1.40 bits per heavy atom. The van der Waals surface area contributed by atoms with Gasteiger partial charge in [0.15, 0.2) is 0 Å². The predicted octanol–water partition coefficient (Wildman–Crippen LogP) is 1.22. The fraction of sp³-hybridized carbons (Fsp3) is 0.0769. The molecule has 1 aromatic heterocycles. The lowest BCUT2D eigenvalue weighted by Gasteiger charge is -2.07. The minimum atomic E-state index is -0.870. The first-order chi connectivity index (χ1) is 9.67. The number of nitrogens with zero attached hydrogens (tertiary/aromatic N) is 2. The largest absolute Gasteiger partial charge is 0.491 e. The van der Waals surface area contributed by atoms with Crippen molar-refractivity contribution in [1.29, 1.82) is 0 Å². The number of rotatable bonds is 2. The van der Waals surface area contributed by atoms with Gasteiger partial charge < -0.3 is 20.1 Å². The fourth-order valence-corrected chi connectivity index (χ4v) is 1.99.